The minimum absolute atomic E-state index is 1.35. The maximum Gasteiger partial charge on any atom is 0.0524 e. The fourth-order valence-electron chi connectivity index (χ4n) is 1.74. The number of rotatable bonds is 2. The van der Waals surface area contributed by atoms with Crippen LogP contribution in [-0.2, 0) is 0 Å². The average Bonchev–Trinajstić information content (AvgIpc) is 2.98. The Balaban J connectivity index is 2.19. The first-order valence-corrected chi connectivity index (χ1v) is 7.65. The first-order valence-electron chi connectivity index (χ1n) is 5.01. The summed E-state index contributed by atoms with van der Waals surface area (Å²) in [5.74, 6) is 0. The van der Waals surface area contributed by atoms with Gasteiger partial charge < -0.3 is 0 Å². The van der Waals surface area contributed by atoms with Crippen LogP contribution in [0, 0.1) is 6.92 Å². The summed E-state index contributed by atoms with van der Waals surface area (Å²) < 4.78 is 0. The SMILES string of the molecule is Cc1cc(-c2ccsc2)c(-c2cccs2)s1. The van der Waals surface area contributed by atoms with E-state index in [1.807, 2.05) is 22.7 Å². The quantitative estimate of drug-likeness (QED) is 0.571. The number of aryl methyl sites for hydroxylation is 1. The Morgan fingerprint density at radius 1 is 1.12 bits per heavy atom. The van der Waals surface area contributed by atoms with Gasteiger partial charge in [-0.2, -0.15) is 11.3 Å². The lowest BCUT2D eigenvalue weighted by Crippen LogP contribution is -1.71. The maximum absolute atomic E-state index is 2.29. The molecule has 0 atom stereocenters. The van der Waals surface area contributed by atoms with Crippen molar-refractivity contribution in [2.75, 3.05) is 0 Å². The van der Waals surface area contributed by atoms with Crippen molar-refractivity contribution in [3.8, 4) is 20.9 Å². The van der Waals surface area contributed by atoms with E-state index < -0.39 is 0 Å². The zero-order valence-electron chi connectivity index (χ0n) is 8.77. The van der Waals surface area contributed by atoms with Crippen LogP contribution in [0.3, 0.4) is 0 Å². The van der Waals surface area contributed by atoms with Crippen LogP contribution in [0.4, 0.5) is 0 Å². The fourth-order valence-corrected chi connectivity index (χ4v) is 4.29. The van der Waals surface area contributed by atoms with Crippen molar-refractivity contribution in [2.24, 2.45) is 0 Å². The molecule has 0 fully saturated rings. The predicted molar refractivity (Wildman–Crippen MR) is 75.7 cm³/mol. The van der Waals surface area contributed by atoms with Gasteiger partial charge in [0.2, 0.25) is 0 Å². The molecular formula is C13H10S3. The summed E-state index contributed by atoms with van der Waals surface area (Å²) in [6.45, 7) is 2.18. The molecule has 3 heterocycles. The van der Waals surface area contributed by atoms with E-state index in [0.29, 0.717) is 0 Å². The first kappa shape index (κ1) is 10.3. The van der Waals surface area contributed by atoms with Crippen LogP contribution < -0.4 is 0 Å². The van der Waals surface area contributed by atoms with Crippen LogP contribution in [0.5, 0.6) is 0 Å². The molecule has 0 nitrogen and oxygen atoms in total. The van der Waals surface area contributed by atoms with Gasteiger partial charge in [0.1, 0.15) is 0 Å². The molecule has 0 bridgehead atoms. The summed E-state index contributed by atoms with van der Waals surface area (Å²) >= 11 is 5.46. The third-order valence-corrected chi connectivity index (χ3v) is 5.22. The minimum atomic E-state index is 1.35. The van der Waals surface area contributed by atoms with Gasteiger partial charge in [0.25, 0.3) is 0 Å². The molecule has 0 spiro atoms. The zero-order chi connectivity index (χ0) is 11.0. The van der Waals surface area contributed by atoms with Gasteiger partial charge in [0.05, 0.1) is 4.88 Å². The highest BCUT2D eigenvalue weighted by molar-refractivity contribution is 7.21. The molecule has 0 aromatic carbocycles. The van der Waals surface area contributed by atoms with E-state index in [9.17, 15) is 0 Å². The Labute approximate surface area is 107 Å². The van der Waals surface area contributed by atoms with Crippen LogP contribution in [0.2, 0.25) is 0 Å². The Morgan fingerprint density at radius 2 is 2.06 bits per heavy atom. The molecule has 3 rings (SSSR count). The van der Waals surface area contributed by atoms with E-state index in [2.05, 4.69) is 47.3 Å². The molecule has 16 heavy (non-hydrogen) atoms. The molecule has 0 saturated heterocycles. The average molecular weight is 262 g/mol. The van der Waals surface area contributed by atoms with Gasteiger partial charge in [0.15, 0.2) is 0 Å². The van der Waals surface area contributed by atoms with E-state index in [4.69, 9.17) is 0 Å². The standard InChI is InChI=1S/C13H10S3/c1-9-7-11(10-4-6-14-8-10)13(16-9)12-3-2-5-15-12/h2-8H,1H3. The molecule has 0 aliphatic heterocycles. The molecule has 0 aliphatic rings. The maximum atomic E-state index is 2.29. The lowest BCUT2D eigenvalue weighted by atomic mass is 10.1. The van der Waals surface area contributed by atoms with Crippen molar-refractivity contribution in [1.29, 1.82) is 0 Å². The summed E-state index contributed by atoms with van der Waals surface area (Å²) in [5.41, 5.74) is 2.73. The normalized spacial score (nSPS) is 10.8. The van der Waals surface area contributed by atoms with Crippen molar-refractivity contribution in [1.82, 2.24) is 0 Å². The van der Waals surface area contributed by atoms with Gasteiger partial charge in [0, 0.05) is 15.3 Å². The lowest BCUT2D eigenvalue weighted by Gasteiger charge is -1.98. The van der Waals surface area contributed by atoms with E-state index in [0.717, 1.165) is 0 Å². The smallest absolute Gasteiger partial charge is 0.0524 e. The summed E-state index contributed by atoms with van der Waals surface area (Å²) in [4.78, 5) is 4.16. The molecule has 3 aromatic rings. The first-order chi connectivity index (χ1) is 7.84. The van der Waals surface area contributed by atoms with E-state index in [-0.39, 0.29) is 0 Å². The monoisotopic (exact) mass is 262 g/mol. The minimum Gasteiger partial charge on any atom is -0.152 e. The summed E-state index contributed by atoms with van der Waals surface area (Å²) in [5, 5.41) is 6.50. The third-order valence-electron chi connectivity index (χ3n) is 2.43. The number of hydrogen-bond donors (Lipinski definition) is 0. The summed E-state index contributed by atoms with van der Waals surface area (Å²) in [7, 11) is 0. The van der Waals surface area contributed by atoms with Crippen molar-refractivity contribution in [3.05, 3.63) is 45.3 Å². The Hall–Kier alpha value is -0.900. The Bertz CT molecular complexity index is 519. The van der Waals surface area contributed by atoms with Crippen LogP contribution >= 0.6 is 34.0 Å². The second-order valence-electron chi connectivity index (χ2n) is 3.59. The molecule has 0 amide bonds. The summed E-state index contributed by atoms with van der Waals surface area (Å²) in [6.07, 6.45) is 0. The topological polar surface area (TPSA) is 0 Å². The summed E-state index contributed by atoms with van der Waals surface area (Å²) in [6, 6.07) is 8.81. The molecule has 80 valence electrons. The van der Waals surface area contributed by atoms with Gasteiger partial charge in [-0.05, 0) is 46.8 Å². The largest absolute Gasteiger partial charge is 0.152 e. The van der Waals surface area contributed by atoms with E-state index in [1.54, 1.807) is 11.3 Å². The molecule has 0 radical (unpaired) electrons. The highest BCUT2D eigenvalue weighted by Crippen LogP contribution is 2.41. The molecule has 0 N–H and O–H groups in total. The van der Waals surface area contributed by atoms with Crippen LogP contribution in [-0.4, -0.2) is 0 Å². The van der Waals surface area contributed by atoms with E-state index in [1.165, 1.54) is 25.8 Å². The molecule has 0 unspecified atom stereocenters. The second kappa shape index (κ2) is 4.17. The highest BCUT2D eigenvalue weighted by Gasteiger charge is 2.11. The number of hydrogen-bond acceptors (Lipinski definition) is 3. The van der Waals surface area contributed by atoms with Gasteiger partial charge >= 0.3 is 0 Å². The molecule has 0 saturated carbocycles. The second-order valence-corrected chi connectivity index (χ2v) is 6.57. The molecule has 3 aromatic heterocycles. The third kappa shape index (κ3) is 1.75. The predicted octanol–water partition coefficient (Wildman–Crippen LogP) is 5.51. The number of thiophene rings is 3. The molecular weight excluding hydrogens is 252 g/mol. The lowest BCUT2D eigenvalue weighted by molar-refractivity contribution is 1.63. The molecule has 0 aliphatic carbocycles. The van der Waals surface area contributed by atoms with Gasteiger partial charge in [-0.3, -0.25) is 0 Å². The van der Waals surface area contributed by atoms with E-state index >= 15 is 0 Å². The van der Waals surface area contributed by atoms with Crippen molar-refractivity contribution < 1.29 is 0 Å². The van der Waals surface area contributed by atoms with Gasteiger partial charge in [-0.15, -0.1) is 22.7 Å². The van der Waals surface area contributed by atoms with Crippen LogP contribution in [0.1, 0.15) is 4.88 Å². The van der Waals surface area contributed by atoms with Gasteiger partial charge in [-0.1, -0.05) is 6.07 Å². The van der Waals surface area contributed by atoms with Crippen molar-refractivity contribution in [2.45, 2.75) is 6.92 Å². The fraction of sp³-hybridized carbons (Fsp3) is 0.0769. The van der Waals surface area contributed by atoms with Crippen LogP contribution in [0.25, 0.3) is 20.9 Å². The highest BCUT2D eigenvalue weighted by atomic mass is 32.1. The Morgan fingerprint density at radius 3 is 2.75 bits per heavy atom. The van der Waals surface area contributed by atoms with Crippen LogP contribution in [0.15, 0.2) is 40.4 Å². The van der Waals surface area contributed by atoms with Crippen molar-refractivity contribution >= 4 is 34.0 Å². The van der Waals surface area contributed by atoms with Gasteiger partial charge in [-0.25, -0.2) is 0 Å². The molecule has 3 heteroatoms. The zero-order valence-corrected chi connectivity index (χ0v) is 11.2. The Kier molecular flexibility index (Phi) is 2.67. The van der Waals surface area contributed by atoms with Crippen molar-refractivity contribution in [3.63, 3.8) is 0 Å².